The van der Waals surface area contributed by atoms with E-state index in [1.807, 2.05) is 44.2 Å². The van der Waals surface area contributed by atoms with Gasteiger partial charge < -0.3 is 0 Å². The molecule has 0 unspecified atom stereocenters. The lowest BCUT2D eigenvalue weighted by molar-refractivity contribution is -0.123. The third kappa shape index (κ3) is 2.66. The van der Waals surface area contributed by atoms with Gasteiger partial charge in [-0.3, -0.25) is 4.79 Å². The van der Waals surface area contributed by atoms with Crippen molar-refractivity contribution in [3.63, 3.8) is 0 Å². The van der Waals surface area contributed by atoms with Gasteiger partial charge in [0.1, 0.15) is 5.78 Å². The minimum atomic E-state index is -0.518. The molecule has 0 atom stereocenters. The van der Waals surface area contributed by atoms with Gasteiger partial charge in [-0.2, -0.15) is 0 Å². The Morgan fingerprint density at radius 2 is 1.88 bits per heavy atom. The zero-order valence-corrected chi connectivity index (χ0v) is 10.3. The van der Waals surface area contributed by atoms with Crippen LogP contribution in [-0.2, 0) is 10.2 Å². The van der Waals surface area contributed by atoms with Crippen LogP contribution >= 0.6 is 0 Å². The highest BCUT2D eigenvalue weighted by molar-refractivity contribution is 5.91. The van der Waals surface area contributed by atoms with E-state index in [9.17, 15) is 4.79 Å². The maximum atomic E-state index is 12.2. The fraction of sp³-hybridized carbons (Fsp3) is 0.462. The molecule has 90 valence electrons. The molecule has 0 aromatic heterocycles. The smallest absolute Gasteiger partial charge is 0.149 e. The van der Waals surface area contributed by atoms with Crippen LogP contribution in [0.25, 0.3) is 10.4 Å². The highest BCUT2D eigenvalue weighted by Gasteiger charge is 2.35. The summed E-state index contributed by atoms with van der Waals surface area (Å²) in [6, 6.07) is 9.70. The molecule has 4 nitrogen and oxygen atoms in total. The van der Waals surface area contributed by atoms with Crippen LogP contribution in [0, 0.1) is 0 Å². The number of carbonyl (C=O) groups excluding carboxylic acids is 1. The summed E-state index contributed by atoms with van der Waals surface area (Å²) < 4.78 is 0. The van der Waals surface area contributed by atoms with E-state index in [0.29, 0.717) is 12.8 Å². The molecule has 4 heteroatoms. The quantitative estimate of drug-likeness (QED) is 0.419. The predicted molar refractivity (Wildman–Crippen MR) is 67.7 cm³/mol. The molecule has 17 heavy (non-hydrogen) atoms. The molecule has 0 heterocycles. The van der Waals surface area contributed by atoms with Crippen molar-refractivity contribution in [2.24, 2.45) is 5.11 Å². The molecular weight excluding hydrogens is 214 g/mol. The predicted octanol–water partition coefficient (Wildman–Crippen LogP) is 3.62. The summed E-state index contributed by atoms with van der Waals surface area (Å²) in [4.78, 5) is 14.9. The van der Waals surface area contributed by atoms with Crippen LogP contribution < -0.4 is 0 Å². The van der Waals surface area contributed by atoms with Crippen LogP contribution in [-0.4, -0.2) is 12.3 Å². The van der Waals surface area contributed by atoms with E-state index in [2.05, 4.69) is 10.0 Å². The van der Waals surface area contributed by atoms with Crippen molar-refractivity contribution >= 4 is 5.78 Å². The molecule has 0 fully saturated rings. The summed E-state index contributed by atoms with van der Waals surface area (Å²) in [5.74, 6) is -0.00787. The zero-order chi connectivity index (χ0) is 12.7. The standard InChI is InChI=1S/C13H17N3O/c1-3-13(4-2,12(17)10-15-16-14)11-8-6-5-7-9-11/h5-9H,3-4,10H2,1-2H3. The summed E-state index contributed by atoms with van der Waals surface area (Å²) in [5.41, 5.74) is 8.79. The van der Waals surface area contributed by atoms with Crippen molar-refractivity contribution in [2.75, 3.05) is 6.54 Å². The van der Waals surface area contributed by atoms with Gasteiger partial charge in [-0.15, -0.1) is 0 Å². The Balaban J connectivity index is 3.13. The fourth-order valence-corrected chi connectivity index (χ4v) is 2.22. The molecule has 0 bridgehead atoms. The number of rotatable bonds is 6. The average Bonchev–Trinajstić information content (AvgIpc) is 2.39. The van der Waals surface area contributed by atoms with E-state index in [1.165, 1.54) is 0 Å². The molecular formula is C13H17N3O. The molecule has 0 aliphatic heterocycles. The SMILES string of the molecule is CCC(CC)(C(=O)CN=[N+]=[N-])c1ccccc1. The lowest BCUT2D eigenvalue weighted by atomic mass is 9.72. The minimum Gasteiger partial charge on any atom is -0.299 e. The Labute approximate surface area is 101 Å². The summed E-state index contributed by atoms with van der Waals surface area (Å²) in [6.07, 6.45) is 1.43. The Morgan fingerprint density at radius 3 is 2.35 bits per heavy atom. The van der Waals surface area contributed by atoms with E-state index in [1.54, 1.807) is 0 Å². The van der Waals surface area contributed by atoms with E-state index in [-0.39, 0.29) is 12.3 Å². The van der Waals surface area contributed by atoms with Crippen molar-refractivity contribution in [1.29, 1.82) is 0 Å². The number of ketones is 1. The van der Waals surface area contributed by atoms with Crippen LogP contribution in [0.15, 0.2) is 35.4 Å². The molecule has 0 radical (unpaired) electrons. The molecule has 1 aromatic carbocycles. The average molecular weight is 231 g/mol. The van der Waals surface area contributed by atoms with Gasteiger partial charge in [-0.05, 0) is 23.9 Å². The van der Waals surface area contributed by atoms with Crippen LogP contribution in [0.1, 0.15) is 32.3 Å². The third-order valence-electron chi connectivity index (χ3n) is 3.34. The van der Waals surface area contributed by atoms with Gasteiger partial charge in [0.2, 0.25) is 0 Å². The first-order valence-electron chi connectivity index (χ1n) is 5.81. The van der Waals surface area contributed by atoms with Gasteiger partial charge in [0.15, 0.2) is 0 Å². The number of nitrogens with zero attached hydrogens (tertiary/aromatic N) is 3. The molecule has 0 saturated heterocycles. The van der Waals surface area contributed by atoms with Gasteiger partial charge in [0.05, 0.1) is 12.0 Å². The molecule has 0 aliphatic carbocycles. The second kappa shape index (κ2) is 6.06. The molecule has 0 amide bonds. The minimum absolute atomic E-state index is 0.00787. The second-order valence-corrected chi connectivity index (χ2v) is 3.97. The first-order chi connectivity index (χ1) is 8.21. The van der Waals surface area contributed by atoms with Crippen LogP contribution in [0.2, 0.25) is 0 Å². The van der Waals surface area contributed by atoms with Gasteiger partial charge in [-0.25, -0.2) is 0 Å². The summed E-state index contributed by atoms with van der Waals surface area (Å²) in [5, 5.41) is 3.39. The summed E-state index contributed by atoms with van der Waals surface area (Å²) in [6.45, 7) is 3.90. The molecule has 0 spiro atoms. The lowest BCUT2D eigenvalue weighted by Crippen LogP contribution is -2.36. The van der Waals surface area contributed by atoms with E-state index < -0.39 is 5.41 Å². The van der Waals surface area contributed by atoms with Crippen molar-refractivity contribution in [3.8, 4) is 0 Å². The fourth-order valence-electron chi connectivity index (χ4n) is 2.22. The number of benzene rings is 1. The first-order valence-corrected chi connectivity index (χ1v) is 5.81. The Hall–Kier alpha value is -1.80. The number of Topliss-reactive ketones (excluding diaryl/α,β-unsaturated/α-hetero) is 1. The van der Waals surface area contributed by atoms with Gasteiger partial charge in [0, 0.05) is 4.91 Å². The summed E-state index contributed by atoms with van der Waals surface area (Å²) in [7, 11) is 0. The molecule has 0 saturated carbocycles. The van der Waals surface area contributed by atoms with Crippen molar-refractivity contribution in [3.05, 3.63) is 46.3 Å². The highest BCUT2D eigenvalue weighted by Crippen LogP contribution is 2.32. The first kappa shape index (κ1) is 13.3. The number of carbonyl (C=O) groups is 1. The van der Waals surface area contributed by atoms with Crippen molar-refractivity contribution in [2.45, 2.75) is 32.1 Å². The second-order valence-electron chi connectivity index (χ2n) is 3.97. The molecule has 0 aliphatic rings. The van der Waals surface area contributed by atoms with Crippen LogP contribution in [0.5, 0.6) is 0 Å². The number of azide groups is 1. The Bertz CT molecular complexity index is 418. The molecule has 0 N–H and O–H groups in total. The highest BCUT2D eigenvalue weighted by atomic mass is 16.1. The zero-order valence-electron chi connectivity index (χ0n) is 10.3. The van der Waals surface area contributed by atoms with Gasteiger partial charge >= 0.3 is 0 Å². The maximum Gasteiger partial charge on any atom is 0.149 e. The number of hydrogen-bond acceptors (Lipinski definition) is 2. The van der Waals surface area contributed by atoms with Gasteiger partial charge in [-0.1, -0.05) is 49.3 Å². The molecule has 1 aromatic rings. The summed E-state index contributed by atoms with van der Waals surface area (Å²) >= 11 is 0. The number of hydrogen-bond donors (Lipinski definition) is 0. The maximum absolute atomic E-state index is 12.2. The Morgan fingerprint density at radius 1 is 1.29 bits per heavy atom. The van der Waals surface area contributed by atoms with Crippen molar-refractivity contribution < 1.29 is 4.79 Å². The van der Waals surface area contributed by atoms with Crippen molar-refractivity contribution in [1.82, 2.24) is 0 Å². The normalized spacial score (nSPS) is 10.7. The third-order valence-corrected chi connectivity index (χ3v) is 3.34. The monoisotopic (exact) mass is 231 g/mol. The van der Waals surface area contributed by atoms with Gasteiger partial charge in [0.25, 0.3) is 0 Å². The Kier molecular flexibility index (Phi) is 4.73. The van der Waals surface area contributed by atoms with E-state index in [4.69, 9.17) is 5.53 Å². The van der Waals surface area contributed by atoms with Crippen LogP contribution in [0.3, 0.4) is 0 Å². The van der Waals surface area contributed by atoms with Crippen LogP contribution in [0.4, 0.5) is 0 Å². The topological polar surface area (TPSA) is 65.8 Å². The van der Waals surface area contributed by atoms with E-state index in [0.717, 1.165) is 5.56 Å². The van der Waals surface area contributed by atoms with E-state index >= 15 is 0 Å². The lowest BCUT2D eigenvalue weighted by Gasteiger charge is -2.30. The molecule has 1 rings (SSSR count). The largest absolute Gasteiger partial charge is 0.299 e.